The number of aromatic nitrogens is 1. The highest BCUT2D eigenvalue weighted by Gasteiger charge is 2.10. The summed E-state index contributed by atoms with van der Waals surface area (Å²) in [6.07, 6.45) is 0. The van der Waals surface area contributed by atoms with E-state index in [0.717, 1.165) is 0 Å². The summed E-state index contributed by atoms with van der Waals surface area (Å²) in [4.78, 5) is 15.7. The van der Waals surface area contributed by atoms with E-state index >= 15 is 0 Å². The van der Waals surface area contributed by atoms with Crippen molar-refractivity contribution in [3.63, 3.8) is 0 Å². The molecule has 0 saturated carbocycles. The topological polar surface area (TPSA) is 43.1 Å². The molecule has 0 N–H and O–H groups in total. The number of nitrogens with zero attached hydrogens (tertiary/aromatic N) is 1. The van der Waals surface area contributed by atoms with E-state index in [4.69, 9.17) is 4.42 Å². The fourth-order valence-corrected chi connectivity index (χ4v) is 1.52. The summed E-state index contributed by atoms with van der Waals surface area (Å²) in [5.41, 5.74) is 1.45. The summed E-state index contributed by atoms with van der Waals surface area (Å²) >= 11 is 0. The summed E-state index contributed by atoms with van der Waals surface area (Å²) in [7, 11) is 0. The molecule has 0 aromatic heterocycles. The zero-order valence-electron chi connectivity index (χ0n) is 7.73. The molecule has 71 valence electrons. The minimum Gasteiger partial charge on any atom is -0.453 e. The van der Waals surface area contributed by atoms with Gasteiger partial charge in [0, 0.05) is 6.07 Å². The molecule has 1 heterocycles. The van der Waals surface area contributed by atoms with Gasteiger partial charge in [-0.05, 0) is 24.3 Å². The maximum Gasteiger partial charge on any atom is 0.215 e. The number of fused-ring (bicyclic) bond motifs is 2. The van der Waals surface area contributed by atoms with E-state index in [1.807, 2.05) is 24.3 Å². The Morgan fingerprint density at radius 1 is 1.20 bits per heavy atom. The Morgan fingerprint density at radius 3 is 3.00 bits per heavy atom. The SMILES string of the molecule is O=c1[c]ccc2oc3ccccc3nc1-2. The summed E-state index contributed by atoms with van der Waals surface area (Å²) in [6.45, 7) is 0. The van der Waals surface area contributed by atoms with Crippen LogP contribution in [0.5, 0.6) is 0 Å². The molecule has 1 aromatic carbocycles. The molecule has 3 nitrogen and oxygen atoms in total. The van der Waals surface area contributed by atoms with Gasteiger partial charge in [0.1, 0.15) is 5.52 Å². The molecule has 3 rings (SSSR count). The van der Waals surface area contributed by atoms with E-state index in [9.17, 15) is 4.79 Å². The van der Waals surface area contributed by atoms with Crippen molar-refractivity contribution in [1.82, 2.24) is 4.98 Å². The highest BCUT2D eigenvalue weighted by atomic mass is 16.3. The quantitative estimate of drug-likeness (QED) is 0.517. The van der Waals surface area contributed by atoms with Crippen molar-refractivity contribution in [3.8, 4) is 11.5 Å². The summed E-state index contributed by atoms with van der Waals surface area (Å²) in [6, 6.07) is 13.2. The first-order valence-corrected chi connectivity index (χ1v) is 4.55. The van der Waals surface area contributed by atoms with Crippen LogP contribution in [0, 0.1) is 6.07 Å². The van der Waals surface area contributed by atoms with E-state index in [0.29, 0.717) is 22.6 Å². The first kappa shape index (κ1) is 8.17. The maximum absolute atomic E-state index is 11.4. The van der Waals surface area contributed by atoms with Crippen LogP contribution in [0.1, 0.15) is 0 Å². The molecule has 1 radical (unpaired) electrons. The van der Waals surface area contributed by atoms with Gasteiger partial charge < -0.3 is 4.42 Å². The van der Waals surface area contributed by atoms with E-state index < -0.39 is 0 Å². The van der Waals surface area contributed by atoms with Gasteiger partial charge in [0.2, 0.25) is 5.43 Å². The third kappa shape index (κ3) is 1.21. The molecule has 0 atom stereocenters. The molecule has 0 saturated heterocycles. The number of rotatable bonds is 0. The van der Waals surface area contributed by atoms with E-state index in [1.54, 1.807) is 12.1 Å². The lowest BCUT2D eigenvalue weighted by molar-refractivity contribution is 0.612. The smallest absolute Gasteiger partial charge is 0.215 e. The van der Waals surface area contributed by atoms with E-state index in [-0.39, 0.29) is 5.43 Å². The molecule has 0 bridgehead atoms. The Morgan fingerprint density at radius 2 is 2.07 bits per heavy atom. The van der Waals surface area contributed by atoms with Crippen molar-refractivity contribution in [1.29, 1.82) is 0 Å². The van der Waals surface area contributed by atoms with Crippen LogP contribution in [0.4, 0.5) is 0 Å². The number of benzene rings is 2. The van der Waals surface area contributed by atoms with Crippen molar-refractivity contribution in [2.24, 2.45) is 0 Å². The van der Waals surface area contributed by atoms with Crippen LogP contribution in [0.2, 0.25) is 0 Å². The Hall–Kier alpha value is -2.16. The summed E-state index contributed by atoms with van der Waals surface area (Å²) in [5, 5.41) is 0. The molecular formula is C12H6NO2. The average Bonchev–Trinajstić information content (AvgIpc) is 2.27. The van der Waals surface area contributed by atoms with Gasteiger partial charge in [-0.1, -0.05) is 12.1 Å². The van der Waals surface area contributed by atoms with Crippen molar-refractivity contribution in [2.75, 3.05) is 0 Å². The van der Waals surface area contributed by atoms with Crippen LogP contribution < -0.4 is 5.43 Å². The molecule has 1 aliphatic carbocycles. The Balaban J connectivity index is 2.54. The predicted molar refractivity (Wildman–Crippen MR) is 55.7 cm³/mol. The molecular weight excluding hydrogens is 190 g/mol. The summed E-state index contributed by atoms with van der Waals surface area (Å²) < 4.78 is 5.54. The number of para-hydroxylation sites is 2. The molecule has 0 spiro atoms. The van der Waals surface area contributed by atoms with Crippen LogP contribution >= 0.6 is 0 Å². The van der Waals surface area contributed by atoms with Crippen LogP contribution in [0.25, 0.3) is 22.6 Å². The van der Waals surface area contributed by atoms with Gasteiger partial charge >= 0.3 is 0 Å². The van der Waals surface area contributed by atoms with Gasteiger partial charge in [-0.2, -0.15) is 0 Å². The zero-order chi connectivity index (χ0) is 10.3. The third-order valence-corrected chi connectivity index (χ3v) is 2.22. The fourth-order valence-electron chi connectivity index (χ4n) is 1.52. The molecule has 1 aromatic rings. The van der Waals surface area contributed by atoms with Gasteiger partial charge in [0.15, 0.2) is 17.0 Å². The van der Waals surface area contributed by atoms with E-state index in [1.165, 1.54) is 0 Å². The van der Waals surface area contributed by atoms with Crippen molar-refractivity contribution in [3.05, 3.63) is 52.7 Å². The molecule has 0 unspecified atom stereocenters. The Kier molecular flexibility index (Phi) is 1.59. The van der Waals surface area contributed by atoms with Gasteiger partial charge in [0.25, 0.3) is 0 Å². The second-order valence-corrected chi connectivity index (χ2v) is 3.20. The van der Waals surface area contributed by atoms with E-state index in [2.05, 4.69) is 11.1 Å². The van der Waals surface area contributed by atoms with Gasteiger partial charge in [-0.3, -0.25) is 4.79 Å². The fraction of sp³-hybridized carbons (Fsp3) is 0. The molecule has 0 amide bonds. The Bertz CT molecular complexity index is 657. The van der Waals surface area contributed by atoms with Gasteiger partial charge in [-0.15, -0.1) is 0 Å². The molecule has 1 aliphatic heterocycles. The van der Waals surface area contributed by atoms with Crippen LogP contribution in [-0.4, -0.2) is 4.98 Å². The van der Waals surface area contributed by atoms with Crippen LogP contribution in [-0.2, 0) is 0 Å². The maximum atomic E-state index is 11.4. The summed E-state index contributed by atoms with van der Waals surface area (Å²) in [5.74, 6) is 0.498. The highest BCUT2D eigenvalue weighted by Crippen LogP contribution is 2.21. The number of hydrogen-bond acceptors (Lipinski definition) is 3. The lowest BCUT2D eigenvalue weighted by Gasteiger charge is -2.03. The third-order valence-electron chi connectivity index (χ3n) is 2.22. The van der Waals surface area contributed by atoms with Crippen molar-refractivity contribution < 1.29 is 4.42 Å². The lowest BCUT2D eigenvalue weighted by Crippen LogP contribution is -2.06. The molecule has 2 aliphatic rings. The van der Waals surface area contributed by atoms with Crippen molar-refractivity contribution in [2.45, 2.75) is 0 Å². The second kappa shape index (κ2) is 2.92. The Labute approximate surface area is 85.3 Å². The zero-order valence-corrected chi connectivity index (χ0v) is 7.73. The molecule has 3 heteroatoms. The monoisotopic (exact) mass is 196 g/mol. The first-order chi connectivity index (χ1) is 7.34. The van der Waals surface area contributed by atoms with Gasteiger partial charge in [-0.25, -0.2) is 4.98 Å². The molecule has 15 heavy (non-hydrogen) atoms. The van der Waals surface area contributed by atoms with Crippen molar-refractivity contribution >= 4 is 11.1 Å². The largest absolute Gasteiger partial charge is 0.453 e. The number of hydrogen-bond donors (Lipinski definition) is 0. The van der Waals surface area contributed by atoms with Crippen LogP contribution in [0.15, 0.2) is 45.6 Å². The standard InChI is InChI=1S/C12H6NO2/c14-9-5-3-7-11-12(9)13-8-4-1-2-6-10(8)15-11/h1-4,6-7H. The minimum atomic E-state index is -0.234. The first-order valence-electron chi connectivity index (χ1n) is 4.55. The normalized spacial score (nSPS) is 10.9. The highest BCUT2D eigenvalue weighted by molar-refractivity contribution is 5.75. The second-order valence-electron chi connectivity index (χ2n) is 3.20. The minimum absolute atomic E-state index is 0.234. The van der Waals surface area contributed by atoms with Gasteiger partial charge in [0.05, 0.1) is 0 Å². The van der Waals surface area contributed by atoms with Crippen LogP contribution in [0.3, 0.4) is 0 Å². The molecule has 0 fully saturated rings. The average molecular weight is 196 g/mol. The lowest BCUT2D eigenvalue weighted by atomic mass is 10.2. The predicted octanol–water partition coefficient (Wildman–Crippen LogP) is 2.09.